The van der Waals surface area contributed by atoms with Gasteiger partial charge >= 0.3 is 0 Å². The van der Waals surface area contributed by atoms with E-state index in [-0.39, 0.29) is 85.7 Å². The third kappa shape index (κ3) is 6.61. The van der Waals surface area contributed by atoms with E-state index in [1.807, 2.05) is 0 Å². The van der Waals surface area contributed by atoms with Gasteiger partial charge in [0.05, 0.1) is 80.0 Å². The molecule has 53 heavy (non-hydrogen) atoms. The van der Waals surface area contributed by atoms with Crippen LogP contribution in [0.1, 0.15) is 97.3 Å². The average Bonchev–Trinajstić information content (AvgIpc) is 3.70. The number of carbonyl (C=O) groups excluding carboxylic acids is 1. The third-order valence-electron chi connectivity index (χ3n) is 14.3. The SMILES string of the molecule is C=C1C[C@@H]2CC[C@@]3([OH2+])C[C@H]4OC5C(OC6CC[C@@H]7CC(=O)C[C@@H]8[C@@H](OC)[C@@H](C[C@H](O)CN)O[C@H]8C[C@H]8O[C@@H](CC[C@@H]1O2)C[C@@H](C)C8=N[C@@]6(O7)[C@@H]5O3)[C@H]4C. The Morgan fingerprint density at radius 1 is 0.943 bits per heavy atom. The highest BCUT2D eigenvalue weighted by molar-refractivity contribution is 5.92. The van der Waals surface area contributed by atoms with Crippen LogP contribution in [-0.2, 0) is 42.7 Å². The number of carbonyl (C=O) groups is 1. The Kier molecular flexibility index (Phi) is 10.00. The van der Waals surface area contributed by atoms with Crippen molar-refractivity contribution in [2.24, 2.45) is 28.5 Å². The molecular weight excluding hydrogens is 684 g/mol. The van der Waals surface area contributed by atoms with Gasteiger partial charge in [-0.25, -0.2) is 0 Å². The minimum absolute atomic E-state index is 0.0205. The van der Waals surface area contributed by atoms with Crippen LogP contribution in [0.2, 0.25) is 0 Å². The van der Waals surface area contributed by atoms with Crippen LogP contribution < -0.4 is 5.73 Å². The molecule has 0 aromatic heterocycles. The van der Waals surface area contributed by atoms with E-state index in [0.29, 0.717) is 44.9 Å². The first kappa shape index (κ1) is 37.2. The number of aliphatic imine (C=N–C) groups is 1. The molecule has 10 rings (SSSR count). The fraction of sp³-hybridized carbons (Fsp3) is 0.900. The lowest BCUT2D eigenvalue weighted by Crippen LogP contribution is -2.71. The van der Waals surface area contributed by atoms with Gasteiger partial charge in [-0.1, -0.05) is 20.4 Å². The number of ketones is 1. The first-order valence-corrected chi connectivity index (χ1v) is 20.5. The average molecular weight is 746 g/mol. The van der Waals surface area contributed by atoms with Gasteiger partial charge in [0.25, 0.3) is 5.79 Å². The maximum atomic E-state index is 14.1. The van der Waals surface area contributed by atoms with E-state index in [9.17, 15) is 15.0 Å². The topological polar surface area (TPSA) is 172 Å². The van der Waals surface area contributed by atoms with Crippen LogP contribution in [0.3, 0.4) is 0 Å². The van der Waals surface area contributed by atoms with Crippen LogP contribution in [0, 0.1) is 17.8 Å². The van der Waals surface area contributed by atoms with Crippen LogP contribution in [0.5, 0.6) is 0 Å². The molecule has 10 aliphatic rings. The Morgan fingerprint density at radius 3 is 2.57 bits per heavy atom. The first-order chi connectivity index (χ1) is 25.5. The summed E-state index contributed by atoms with van der Waals surface area (Å²) in [4.78, 5) is 19.8. The van der Waals surface area contributed by atoms with Crippen molar-refractivity contribution in [1.82, 2.24) is 0 Å². The summed E-state index contributed by atoms with van der Waals surface area (Å²) in [5.41, 5.74) is 6.49. The predicted octanol–water partition coefficient (Wildman–Crippen LogP) is 2.63. The molecule has 7 saturated heterocycles. The quantitative estimate of drug-likeness (QED) is 0.320. The van der Waals surface area contributed by atoms with Gasteiger partial charge in [0.1, 0.15) is 24.1 Å². The number of ether oxygens (including phenoxy) is 8. The lowest BCUT2D eigenvalue weighted by atomic mass is 9.77. The first-order valence-electron chi connectivity index (χ1n) is 20.5. The van der Waals surface area contributed by atoms with E-state index in [0.717, 1.165) is 37.0 Å². The molecule has 0 aromatic rings. The molecule has 0 radical (unpaired) electrons. The van der Waals surface area contributed by atoms with Crippen LogP contribution in [0.25, 0.3) is 0 Å². The zero-order valence-corrected chi connectivity index (χ0v) is 31.6. The van der Waals surface area contributed by atoms with Gasteiger partial charge in [0, 0.05) is 56.9 Å². The summed E-state index contributed by atoms with van der Waals surface area (Å²) in [6, 6.07) is 0. The van der Waals surface area contributed by atoms with Crippen LogP contribution in [0.15, 0.2) is 17.1 Å². The van der Waals surface area contributed by atoms with Gasteiger partial charge < -0.3 is 49.1 Å². The van der Waals surface area contributed by atoms with Crippen LogP contribution in [0.4, 0.5) is 0 Å². The molecule has 1 spiro atoms. The standard InChI is InChI=1S/C40H60N2O11/c1-19-11-25-9-10-39(45)17-32-21(3)35-37(50-32)38(53-39)40-33(51-35)8-6-26(52-40)13-22(43)14-27-29(49-31(36(27)46-4)15-23(44)18-41)16-30-34(42-40)20(2)12-24(48-30)5-7-28(19)47-25/h20-21,23-33,35-38,44-45H,1,5-18,41H2,2-4H3/p+1/t20-,21+,23+,24+,25+,26-,27+,28+,29+,30-,31-,32-,33?,35?,36-,37?,38-,39+,40+/m1/s1. The van der Waals surface area contributed by atoms with E-state index in [1.165, 1.54) is 0 Å². The lowest BCUT2D eigenvalue weighted by Gasteiger charge is -2.55. The summed E-state index contributed by atoms with van der Waals surface area (Å²) in [6.07, 6.45) is 2.36. The molecule has 11 bridgehead atoms. The Bertz CT molecular complexity index is 1450. The Balaban J connectivity index is 1.17. The van der Waals surface area contributed by atoms with E-state index in [2.05, 4.69) is 20.4 Å². The Hall–Kier alpha value is -1.36. The summed E-state index contributed by atoms with van der Waals surface area (Å²) >= 11 is 0. The second-order valence-corrected chi connectivity index (χ2v) is 17.9. The maximum Gasteiger partial charge on any atom is 0.276 e. The third-order valence-corrected chi connectivity index (χ3v) is 14.3. The van der Waals surface area contributed by atoms with Crippen molar-refractivity contribution in [3.05, 3.63) is 12.2 Å². The number of fused-ring (bicyclic) bond motifs is 6. The molecule has 13 nitrogen and oxygen atoms in total. The monoisotopic (exact) mass is 745 g/mol. The zero-order chi connectivity index (χ0) is 36.8. The summed E-state index contributed by atoms with van der Waals surface area (Å²) in [7, 11) is 1.65. The highest BCUT2D eigenvalue weighted by Crippen LogP contribution is 2.54. The molecule has 10 aliphatic heterocycles. The number of nitrogens with zero attached hydrogens (tertiary/aromatic N) is 1. The second-order valence-electron chi connectivity index (χ2n) is 17.9. The van der Waals surface area contributed by atoms with Gasteiger partial charge in [0.15, 0.2) is 0 Å². The zero-order valence-electron chi connectivity index (χ0n) is 31.6. The molecule has 19 atom stereocenters. The minimum Gasteiger partial charge on any atom is -0.419 e. The van der Waals surface area contributed by atoms with E-state index < -0.39 is 54.2 Å². The maximum absolute atomic E-state index is 14.1. The summed E-state index contributed by atoms with van der Waals surface area (Å²) in [5, 5.41) is 20.5. The van der Waals surface area contributed by atoms with E-state index in [4.69, 9.17) is 48.6 Å². The largest absolute Gasteiger partial charge is 0.419 e. The van der Waals surface area contributed by atoms with Crippen molar-refractivity contribution in [2.45, 2.75) is 194 Å². The number of rotatable bonds is 4. The highest BCUT2D eigenvalue weighted by atomic mass is 16.7. The molecule has 3 unspecified atom stereocenters. The van der Waals surface area contributed by atoms with Crippen molar-refractivity contribution >= 4 is 11.5 Å². The van der Waals surface area contributed by atoms with Gasteiger partial charge in [0.2, 0.25) is 5.72 Å². The fourth-order valence-corrected chi connectivity index (χ4v) is 11.6. The molecular formula is C40H61N2O11+. The smallest absolute Gasteiger partial charge is 0.276 e. The molecule has 13 heteroatoms. The number of hydrogen-bond donors (Lipinski definition) is 2. The second kappa shape index (κ2) is 14.2. The van der Waals surface area contributed by atoms with E-state index in [1.54, 1.807) is 7.11 Å². The molecule has 7 fully saturated rings. The number of hydrogen-bond acceptors (Lipinski definition) is 12. The van der Waals surface area contributed by atoms with Gasteiger partial charge in [-0.2, -0.15) is 0 Å². The molecule has 0 aromatic carbocycles. The van der Waals surface area contributed by atoms with Gasteiger partial charge in [-0.05, 0) is 56.4 Å². The highest BCUT2D eigenvalue weighted by Gasteiger charge is 2.69. The molecule has 5 N–H and O–H groups in total. The molecule has 0 saturated carbocycles. The molecule has 0 amide bonds. The summed E-state index contributed by atoms with van der Waals surface area (Å²) in [6.45, 7) is 8.92. The van der Waals surface area contributed by atoms with Crippen molar-refractivity contribution in [3.63, 3.8) is 0 Å². The van der Waals surface area contributed by atoms with E-state index >= 15 is 0 Å². The van der Waals surface area contributed by atoms with Crippen molar-refractivity contribution in [3.8, 4) is 0 Å². The summed E-state index contributed by atoms with van der Waals surface area (Å²) in [5.74, 6) is -1.32. The Labute approximate surface area is 312 Å². The number of Topliss-reactive ketones (excluding diaryl/α,β-unsaturated/α-hetero) is 1. The normalized spacial score (nSPS) is 52.9. The van der Waals surface area contributed by atoms with Crippen molar-refractivity contribution in [1.29, 1.82) is 0 Å². The number of aliphatic hydroxyl groups excluding tert-OH is 1. The van der Waals surface area contributed by atoms with Gasteiger partial charge in [-0.3, -0.25) is 14.5 Å². The molecule has 10 heterocycles. The number of nitrogens with two attached hydrogens (primary N) is 1. The lowest BCUT2D eigenvalue weighted by molar-refractivity contribution is -0.352. The molecule has 0 aliphatic carbocycles. The van der Waals surface area contributed by atoms with Crippen molar-refractivity contribution < 1.29 is 52.9 Å². The van der Waals surface area contributed by atoms with Crippen LogP contribution in [-0.4, -0.2) is 132 Å². The summed E-state index contributed by atoms with van der Waals surface area (Å²) < 4.78 is 54.7. The number of methoxy groups -OCH3 is 1. The van der Waals surface area contributed by atoms with Crippen molar-refractivity contribution in [2.75, 3.05) is 13.7 Å². The predicted molar refractivity (Wildman–Crippen MR) is 191 cm³/mol. The molecule has 296 valence electrons. The minimum atomic E-state index is -1.33. The van der Waals surface area contributed by atoms with Crippen LogP contribution >= 0.6 is 0 Å². The number of aliphatic hydroxyl groups is 1. The Morgan fingerprint density at radius 2 is 1.75 bits per heavy atom. The van der Waals surface area contributed by atoms with Gasteiger partial charge in [-0.15, -0.1) is 0 Å². The fourth-order valence-electron chi connectivity index (χ4n) is 11.6.